The molecule has 0 aliphatic rings. The second-order valence-corrected chi connectivity index (χ2v) is 6.63. The molecule has 1 aromatic heterocycles. The number of carbonyl (C=O) groups is 2. The lowest BCUT2D eigenvalue weighted by molar-refractivity contribution is -0.118. The number of ether oxygens (including phenoxy) is 1. The first-order chi connectivity index (χ1) is 13.9. The van der Waals surface area contributed by atoms with Gasteiger partial charge in [0.15, 0.2) is 0 Å². The molecule has 1 heterocycles. The summed E-state index contributed by atoms with van der Waals surface area (Å²) in [5, 5.41) is 6.22. The first kappa shape index (κ1) is 20.1. The summed E-state index contributed by atoms with van der Waals surface area (Å²) in [5.41, 5.74) is 2.37. The first-order valence-corrected chi connectivity index (χ1v) is 9.21. The molecule has 0 spiro atoms. The molecule has 0 atom stereocenters. The van der Waals surface area contributed by atoms with Gasteiger partial charge in [0.2, 0.25) is 5.91 Å². The maximum absolute atomic E-state index is 12.1. The molecule has 2 amide bonds. The SMILES string of the molecule is CC(=O)NCCNC(=O)c1ccc(COc2ccc3c(C)cc(=O)oc3c2)cc1. The van der Waals surface area contributed by atoms with E-state index in [1.54, 1.807) is 18.2 Å². The molecule has 0 bridgehead atoms. The number of fused-ring (bicyclic) bond motifs is 1. The third-order valence-electron chi connectivity index (χ3n) is 4.33. The zero-order chi connectivity index (χ0) is 20.8. The summed E-state index contributed by atoms with van der Waals surface area (Å²) < 4.78 is 11.0. The molecule has 0 aliphatic carbocycles. The van der Waals surface area contributed by atoms with Crippen LogP contribution in [0.25, 0.3) is 11.0 Å². The zero-order valence-electron chi connectivity index (χ0n) is 16.3. The molecule has 0 unspecified atom stereocenters. The van der Waals surface area contributed by atoms with Gasteiger partial charge in [-0.25, -0.2) is 4.79 Å². The number of benzene rings is 2. The van der Waals surface area contributed by atoms with Crippen LogP contribution in [0.2, 0.25) is 0 Å². The van der Waals surface area contributed by atoms with Gasteiger partial charge >= 0.3 is 5.63 Å². The van der Waals surface area contributed by atoms with Crippen LogP contribution >= 0.6 is 0 Å². The number of amides is 2. The Bertz CT molecular complexity index is 1090. The molecule has 7 nitrogen and oxygen atoms in total. The second-order valence-electron chi connectivity index (χ2n) is 6.63. The third-order valence-corrected chi connectivity index (χ3v) is 4.33. The summed E-state index contributed by atoms with van der Waals surface area (Å²) in [7, 11) is 0. The number of aryl methyl sites for hydroxylation is 1. The average molecular weight is 394 g/mol. The van der Waals surface area contributed by atoms with Crippen LogP contribution in [0, 0.1) is 6.92 Å². The molecule has 0 radical (unpaired) electrons. The van der Waals surface area contributed by atoms with Crippen molar-refractivity contribution in [1.82, 2.24) is 10.6 Å². The maximum Gasteiger partial charge on any atom is 0.336 e. The lowest BCUT2D eigenvalue weighted by Crippen LogP contribution is -2.33. The van der Waals surface area contributed by atoms with Crippen LogP contribution < -0.4 is 21.0 Å². The van der Waals surface area contributed by atoms with Crippen LogP contribution in [-0.4, -0.2) is 24.9 Å². The predicted octanol–water partition coefficient (Wildman–Crippen LogP) is 2.55. The summed E-state index contributed by atoms with van der Waals surface area (Å²) in [6.45, 7) is 4.35. The first-order valence-electron chi connectivity index (χ1n) is 9.21. The lowest BCUT2D eigenvalue weighted by atomic mass is 10.1. The van der Waals surface area contributed by atoms with Crippen molar-refractivity contribution in [2.75, 3.05) is 13.1 Å². The average Bonchev–Trinajstić information content (AvgIpc) is 2.69. The van der Waals surface area contributed by atoms with Crippen molar-refractivity contribution in [3.63, 3.8) is 0 Å². The van der Waals surface area contributed by atoms with Crippen LogP contribution in [0.1, 0.15) is 28.4 Å². The van der Waals surface area contributed by atoms with E-state index in [0.29, 0.717) is 36.6 Å². The quantitative estimate of drug-likeness (QED) is 0.474. The number of hydrogen-bond donors (Lipinski definition) is 2. The Labute approximate surface area is 167 Å². The molecule has 2 N–H and O–H groups in total. The summed E-state index contributed by atoms with van der Waals surface area (Å²) in [6, 6.07) is 13.9. The molecule has 0 aliphatic heterocycles. The Hall–Kier alpha value is -3.61. The normalized spacial score (nSPS) is 10.6. The molecular weight excluding hydrogens is 372 g/mol. The molecule has 150 valence electrons. The van der Waals surface area contributed by atoms with E-state index < -0.39 is 5.63 Å². The summed E-state index contributed by atoms with van der Waals surface area (Å²) in [4.78, 5) is 34.4. The molecule has 0 saturated carbocycles. The van der Waals surface area contributed by atoms with Crippen LogP contribution in [0.4, 0.5) is 0 Å². The number of rotatable bonds is 7. The fourth-order valence-corrected chi connectivity index (χ4v) is 2.83. The minimum atomic E-state index is -0.391. The highest BCUT2D eigenvalue weighted by Gasteiger charge is 2.07. The largest absolute Gasteiger partial charge is 0.489 e. The molecule has 3 aromatic rings. The number of carbonyl (C=O) groups excluding carboxylic acids is 2. The van der Waals surface area contributed by atoms with Crippen molar-refractivity contribution < 1.29 is 18.7 Å². The van der Waals surface area contributed by atoms with Gasteiger partial charge in [-0.05, 0) is 42.3 Å². The van der Waals surface area contributed by atoms with Gasteiger partial charge in [-0.15, -0.1) is 0 Å². The Balaban J connectivity index is 1.57. The minimum absolute atomic E-state index is 0.132. The lowest BCUT2D eigenvalue weighted by Gasteiger charge is -2.09. The Morgan fingerprint density at radius 2 is 1.72 bits per heavy atom. The topological polar surface area (TPSA) is 97.6 Å². The van der Waals surface area contributed by atoms with Gasteiger partial charge < -0.3 is 19.8 Å². The van der Waals surface area contributed by atoms with Crippen LogP contribution in [0.3, 0.4) is 0 Å². The van der Waals surface area contributed by atoms with Gasteiger partial charge in [0, 0.05) is 43.1 Å². The monoisotopic (exact) mass is 394 g/mol. The predicted molar refractivity (Wildman–Crippen MR) is 109 cm³/mol. The maximum atomic E-state index is 12.1. The van der Waals surface area contributed by atoms with Gasteiger partial charge in [-0.2, -0.15) is 0 Å². The molecule has 3 rings (SSSR count). The van der Waals surface area contributed by atoms with E-state index in [1.807, 2.05) is 31.2 Å². The van der Waals surface area contributed by atoms with Crippen molar-refractivity contribution in [1.29, 1.82) is 0 Å². The molecule has 2 aromatic carbocycles. The van der Waals surface area contributed by atoms with E-state index in [2.05, 4.69) is 10.6 Å². The van der Waals surface area contributed by atoms with Gasteiger partial charge in [-0.1, -0.05) is 12.1 Å². The minimum Gasteiger partial charge on any atom is -0.489 e. The fourth-order valence-electron chi connectivity index (χ4n) is 2.83. The van der Waals surface area contributed by atoms with E-state index in [-0.39, 0.29) is 11.8 Å². The van der Waals surface area contributed by atoms with E-state index in [1.165, 1.54) is 13.0 Å². The van der Waals surface area contributed by atoms with Gasteiger partial charge in [0.1, 0.15) is 17.9 Å². The summed E-state index contributed by atoms with van der Waals surface area (Å²) >= 11 is 0. The highest BCUT2D eigenvalue weighted by atomic mass is 16.5. The van der Waals surface area contributed by atoms with Crippen LogP contribution in [0.15, 0.2) is 57.7 Å². The molecule has 0 fully saturated rings. The Morgan fingerprint density at radius 3 is 2.45 bits per heavy atom. The van der Waals surface area contributed by atoms with Gasteiger partial charge in [0.25, 0.3) is 5.91 Å². The highest BCUT2D eigenvalue weighted by molar-refractivity contribution is 5.94. The van der Waals surface area contributed by atoms with Crippen molar-refractivity contribution in [2.24, 2.45) is 0 Å². The Kier molecular flexibility index (Phi) is 6.29. The van der Waals surface area contributed by atoms with Crippen molar-refractivity contribution in [2.45, 2.75) is 20.5 Å². The summed E-state index contributed by atoms with van der Waals surface area (Å²) in [6.07, 6.45) is 0. The smallest absolute Gasteiger partial charge is 0.336 e. The fraction of sp³-hybridized carbons (Fsp3) is 0.227. The molecular formula is C22H22N2O5. The standard InChI is InChI=1S/C22H22N2O5/c1-14-11-21(26)29-20-12-18(7-8-19(14)20)28-13-16-3-5-17(6-4-16)22(27)24-10-9-23-15(2)25/h3-8,11-12H,9-10,13H2,1-2H3,(H,23,25)(H,24,27). The van der Waals surface area contributed by atoms with Crippen LogP contribution in [-0.2, 0) is 11.4 Å². The summed E-state index contributed by atoms with van der Waals surface area (Å²) in [5.74, 6) is 0.251. The van der Waals surface area contributed by atoms with Gasteiger partial charge in [0.05, 0.1) is 0 Å². The van der Waals surface area contributed by atoms with Crippen molar-refractivity contribution in [3.05, 3.63) is 75.6 Å². The Morgan fingerprint density at radius 1 is 1.00 bits per heavy atom. The zero-order valence-corrected chi connectivity index (χ0v) is 16.3. The number of nitrogens with one attached hydrogen (secondary N) is 2. The van der Waals surface area contributed by atoms with Crippen LogP contribution in [0.5, 0.6) is 5.75 Å². The molecule has 7 heteroatoms. The number of hydrogen-bond acceptors (Lipinski definition) is 5. The third kappa shape index (κ3) is 5.44. The van der Waals surface area contributed by atoms with E-state index in [0.717, 1.165) is 16.5 Å². The molecule has 29 heavy (non-hydrogen) atoms. The van der Waals surface area contributed by atoms with Gasteiger partial charge in [-0.3, -0.25) is 9.59 Å². The van der Waals surface area contributed by atoms with Crippen molar-refractivity contribution >= 4 is 22.8 Å². The second kappa shape index (κ2) is 9.05. The molecule has 0 saturated heterocycles. The highest BCUT2D eigenvalue weighted by Crippen LogP contribution is 2.23. The van der Waals surface area contributed by atoms with E-state index >= 15 is 0 Å². The van der Waals surface area contributed by atoms with E-state index in [4.69, 9.17) is 9.15 Å². The van der Waals surface area contributed by atoms with Crippen molar-refractivity contribution in [3.8, 4) is 5.75 Å². The van der Waals surface area contributed by atoms with E-state index in [9.17, 15) is 14.4 Å².